The molecule has 2 atom stereocenters. The zero-order valence-corrected chi connectivity index (χ0v) is 13.6. The zero-order valence-electron chi connectivity index (χ0n) is 12.7. The van der Waals surface area contributed by atoms with E-state index in [9.17, 15) is 14.9 Å². The third kappa shape index (κ3) is 3.92. The van der Waals surface area contributed by atoms with Crippen LogP contribution < -0.4 is 10.6 Å². The van der Waals surface area contributed by atoms with E-state index in [2.05, 4.69) is 10.6 Å². The number of para-hydroxylation sites is 2. The van der Waals surface area contributed by atoms with Crippen LogP contribution in [0, 0.1) is 22.0 Å². The molecule has 0 spiro atoms. The van der Waals surface area contributed by atoms with Crippen LogP contribution in [0.2, 0.25) is 0 Å². The summed E-state index contributed by atoms with van der Waals surface area (Å²) in [5, 5.41) is 17.3. The molecule has 126 valence electrons. The molecule has 0 bridgehead atoms. The lowest BCUT2D eigenvalue weighted by molar-refractivity contribution is -0.384. The van der Waals surface area contributed by atoms with Crippen molar-refractivity contribution in [1.82, 2.24) is 10.2 Å². The number of likely N-dealkylation sites (tertiary alicyclic amines) is 1. The molecule has 8 heteroatoms. The normalized spacial score (nSPS) is 22.3. The lowest BCUT2D eigenvalue weighted by Gasteiger charge is -2.17. The van der Waals surface area contributed by atoms with Gasteiger partial charge in [-0.25, -0.2) is 0 Å². The first-order valence-electron chi connectivity index (χ1n) is 7.61. The number of amides is 1. The second-order valence-corrected chi connectivity index (χ2v) is 5.93. The second kappa shape index (κ2) is 7.61. The van der Waals surface area contributed by atoms with Gasteiger partial charge in [-0.05, 0) is 17.9 Å². The van der Waals surface area contributed by atoms with E-state index in [0.29, 0.717) is 30.5 Å². The fraction of sp³-hybridized carbons (Fsp3) is 0.533. The molecule has 2 aliphatic rings. The Balaban J connectivity index is 0.00000192. The number of nitro groups is 1. The number of fused-ring (bicyclic) bond motifs is 1. The Kier molecular flexibility index (Phi) is 5.79. The van der Waals surface area contributed by atoms with Gasteiger partial charge in [-0.2, -0.15) is 0 Å². The first-order valence-corrected chi connectivity index (χ1v) is 7.61. The summed E-state index contributed by atoms with van der Waals surface area (Å²) < 4.78 is 0. The molecular formula is C15H21ClN4O3. The van der Waals surface area contributed by atoms with Crippen LogP contribution in [-0.2, 0) is 4.79 Å². The van der Waals surface area contributed by atoms with Crippen LogP contribution in [0.4, 0.5) is 11.4 Å². The average molecular weight is 341 g/mol. The van der Waals surface area contributed by atoms with E-state index in [-0.39, 0.29) is 24.0 Å². The van der Waals surface area contributed by atoms with Gasteiger partial charge in [-0.3, -0.25) is 14.9 Å². The molecule has 23 heavy (non-hydrogen) atoms. The number of hydrogen-bond donors (Lipinski definition) is 2. The molecule has 0 unspecified atom stereocenters. The Morgan fingerprint density at radius 1 is 1.30 bits per heavy atom. The standard InChI is InChI=1S/C15H20N4O3.ClH/c20-15(18-9-11-7-16-8-12(11)10-18)5-6-17-13-3-1-2-4-14(13)19(21)22;/h1-4,11-12,16-17H,5-10H2;1H/t11-,12+;. The molecule has 2 fully saturated rings. The maximum atomic E-state index is 12.2. The number of carbonyl (C=O) groups is 1. The topological polar surface area (TPSA) is 87.5 Å². The molecule has 0 aromatic heterocycles. The van der Waals surface area contributed by atoms with Crippen LogP contribution in [0.3, 0.4) is 0 Å². The van der Waals surface area contributed by atoms with Gasteiger partial charge in [0, 0.05) is 45.2 Å². The highest BCUT2D eigenvalue weighted by Crippen LogP contribution is 2.27. The van der Waals surface area contributed by atoms with Gasteiger partial charge in [0.25, 0.3) is 5.69 Å². The summed E-state index contributed by atoms with van der Waals surface area (Å²) in [5.41, 5.74) is 0.500. The molecule has 0 saturated carbocycles. The zero-order chi connectivity index (χ0) is 15.5. The lowest BCUT2D eigenvalue weighted by Crippen LogP contribution is -2.32. The third-order valence-corrected chi connectivity index (χ3v) is 4.50. The Labute approximate surface area is 141 Å². The minimum absolute atomic E-state index is 0. The molecule has 1 amide bonds. The highest BCUT2D eigenvalue weighted by Gasteiger charge is 2.37. The summed E-state index contributed by atoms with van der Waals surface area (Å²) in [4.78, 5) is 24.7. The molecule has 0 radical (unpaired) electrons. The maximum absolute atomic E-state index is 12.2. The van der Waals surface area contributed by atoms with E-state index in [1.54, 1.807) is 18.2 Å². The Hall–Kier alpha value is -1.86. The summed E-state index contributed by atoms with van der Waals surface area (Å²) in [6, 6.07) is 6.49. The highest BCUT2D eigenvalue weighted by molar-refractivity contribution is 5.85. The Morgan fingerprint density at radius 3 is 2.61 bits per heavy atom. The van der Waals surface area contributed by atoms with Crippen LogP contribution in [-0.4, -0.2) is 48.5 Å². The lowest BCUT2D eigenvalue weighted by atomic mass is 10.0. The van der Waals surface area contributed by atoms with E-state index < -0.39 is 4.92 Å². The van der Waals surface area contributed by atoms with Gasteiger partial charge in [0.15, 0.2) is 0 Å². The number of hydrogen-bond acceptors (Lipinski definition) is 5. The monoisotopic (exact) mass is 340 g/mol. The molecule has 1 aromatic rings. The number of nitrogens with zero attached hydrogens (tertiary/aromatic N) is 2. The molecule has 2 saturated heterocycles. The van der Waals surface area contributed by atoms with Crippen LogP contribution in [0.25, 0.3) is 0 Å². The number of anilines is 1. The summed E-state index contributed by atoms with van der Waals surface area (Å²) in [6.07, 6.45) is 0.360. The van der Waals surface area contributed by atoms with Crippen LogP contribution in [0.1, 0.15) is 6.42 Å². The number of halogens is 1. The van der Waals surface area contributed by atoms with Gasteiger partial charge in [-0.1, -0.05) is 12.1 Å². The van der Waals surface area contributed by atoms with Crippen molar-refractivity contribution in [1.29, 1.82) is 0 Å². The van der Waals surface area contributed by atoms with Gasteiger partial charge < -0.3 is 15.5 Å². The van der Waals surface area contributed by atoms with Crippen molar-refractivity contribution in [3.05, 3.63) is 34.4 Å². The van der Waals surface area contributed by atoms with Crippen LogP contribution >= 0.6 is 12.4 Å². The van der Waals surface area contributed by atoms with Crippen LogP contribution in [0.15, 0.2) is 24.3 Å². The first kappa shape index (κ1) is 17.5. The maximum Gasteiger partial charge on any atom is 0.292 e. The predicted octanol–water partition coefficient (Wildman–Crippen LogP) is 1.50. The third-order valence-electron chi connectivity index (χ3n) is 4.50. The van der Waals surface area contributed by atoms with E-state index in [1.165, 1.54) is 6.07 Å². The number of rotatable bonds is 5. The molecule has 2 aliphatic heterocycles. The molecule has 2 N–H and O–H groups in total. The molecule has 3 rings (SSSR count). The predicted molar refractivity (Wildman–Crippen MR) is 89.9 cm³/mol. The van der Waals surface area contributed by atoms with Crippen molar-refractivity contribution >= 4 is 29.7 Å². The summed E-state index contributed by atoms with van der Waals surface area (Å²) in [7, 11) is 0. The highest BCUT2D eigenvalue weighted by atomic mass is 35.5. The number of carbonyl (C=O) groups excluding carboxylic acids is 1. The van der Waals surface area contributed by atoms with Crippen LogP contribution in [0.5, 0.6) is 0 Å². The van der Waals surface area contributed by atoms with E-state index >= 15 is 0 Å². The van der Waals surface area contributed by atoms with Crippen molar-refractivity contribution in [3.63, 3.8) is 0 Å². The average Bonchev–Trinajstić information content (AvgIpc) is 3.08. The number of nitro benzene ring substituents is 1. The van der Waals surface area contributed by atoms with Crippen molar-refractivity contribution in [2.24, 2.45) is 11.8 Å². The van der Waals surface area contributed by atoms with E-state index in [1.807, 2.05) is 4.90 Å². The van der Waals surface area contributed by atoms with E-state index in [4.69, 9.17) is 0 Å². The SMILES string of the molecule is Cl.O=C(CCNc1ccccc1[N+](=O)[O-])N1C[C@H]2CNC[C@H]2C1. The summed E-state index contributed by atoms with van der Waals surface area (Å²) in [6.45, 7) is 4.09. The summed E-state index contributed by atoms with van der Waals surface area (Å²) >= 11 is 0. The minimum atomic E-state index is -0.418. The quantitative estimate of drug-likeness (QED) is 0.626. The van der Waals surface area contributed by atoms with Crippen molar-refractivity contribution < 1.29 is 9.72 Å². The van der Waals surface area contributed by atoms with Crippen molar-refractivity contribution in [2.45, 2.75) is 6.42 Å². The Bertz CT molecular complexity index is 572. The molecule has 0 aliphatic carbocycles. The van der Waals surface area contributed by atoms with Crippen molar-refractivity contribution in [3.8, 4) is 0 Å². The van der Waals surface area contributed by atoms with Crippen molar-refractivity contribution in [2.75, 3.05) is 38.0 Å². The van der Waals surface area contributed by atoms with Gasteiger partial charge >= 0.3 is 0 Å². The molecule has 2 heterocycles. The van der Waals surface area contributed by atoms with Gasteiger partial charge in [0.1, 0.15) is 5.69 Å². The van der Waals surface area contributed by atoms with Gasteiger partial charge in [0.2, 0.25) is 5.91 Å². The van der Waals surface area contributed by atoms with E-state index in [0.717, 1.165) is 26.2 Å². The van der Waals surface area contributed by atoms with Gasteiger partial charge in [0.05, 0.1) is 4.92 Å². The smallest absolute Gasteiger partial charge is 0.292 e. The minimum Gasteiger partial charge on any atom is -0.379 e. The largest absolute Gasteiger partial charge is 0.379 e. The second-order valence-electron chi connectivity index (χ2n) is 5.93. The fourth-order valence-corrected chi connectivity index (χ4v) is 3.30. The fourth-order valence-electron chi connectivity index (χ4n) is 3.30. The molecular weight excluding hydrogens is 320 g/mol. The molecule has 7 nitrogen and oxygen atoms in total. The van der Waals surface area contributed by atoms with Gasteiger partial charge in [-0.15, -0.1) is 12.4 Å². The number of benzene rings is 1. The number of nitrogens with one attached hydrogen (secondary N) is 2. The first-order chi connectivity index (χ1) is 10.6. The Morgan fingerprint density at radius 2 is 1.96 bits per heavy atom. The summed E-state index contributed by atoms with van der Waals surface area (Å²) in [5.74, 6) is 1.31. The molecule has 1 aromatic carbocycles.